The number of likely N-dealkylation sites (tertiary alicyclic amines) is 1. The minimum atomic E-state index is -1.21. The second kappa shape index (κ2) is 12.7. The molecule has 234 valence electrons. The maximum Gasteiger partial charge on any atom is 0.257 e. The van der Waals surface area contributed by atoms with Gasteiger partial charge in [-0.2, -0.15) is 0 Å². The molecule has 11 heteroatoms. The maximum absolute atomic E-state index is 14.3. The summed E-state index contributed by atoms with van der Waals surface area (Å²) in [5.74, 6) is -6.84. The van der Waals surface area contributed by atoms with Crippen molar-refractivity contribution in [3.05, 3.63) is 101 Å². The fraction of sp³-hybridized carbons (Fsp3) is 0.324. The third-order valence-electron chi connectivity index (χ3n) is 8.65. The molecule has 3 aromatic rings. The van der Waals surface area contributed by atoms with Gasteiger partial charge < -0.3 is 20.3 Å². The fourth-order valence-electron chi connectivity index (χ4n) is 6.34. The molecule has 0 bridgehead atoms. The lowest BCUT2D eigenvalue weighted by atomic mass is 9.80. The zero-order valence-electron chi connectivity index (χ0n) is 24.7. The number of hydrogen-bond acceptors (Lipinski definition) is 5. The predicted octanol–water partition coefficient (Wildman–Crippen LogP) is 4.37. The van der Waals surface area contributed by atoms with Gasteiger partial charge in [-0.15, -0.1) is 0 Å². The third kappa shape index (κ3) is 6.11. The van der Waals surface area contributed by atoms with Crippen LogP contribution in [0.5, 0.6) is 0 Å². The lowest BCUT2D eigenvalue weighted by Gasteiger charge is -2.29. The van der Waals surface area contributed by atoms with Crippen LogP contribution in [-0.4, -0.2) is 53.3 Å². The van der Waals surface area contributed by atoms with Crippen LogP contribution < -0.4 is 10.6 Å². The van der Waals surface area contributed by atoms with E-state index in [9.17, 15) is 37.1 Å². The zero-order chi connectivity index (χ0) is 32.5. The molecule has 2 aliphatic heterocycles. The minimum Gasteiger partial charge on any atom is -0.342 e. The second-order valence-electron chi connectivity index (χ2n) is 11.9. The number of rotatable bonds is 10. The topological polar surface area (TPSA) is 113 Å². The Morgan fingerprint density at radius 3 is 2.31 bits per heavy atom. The number of fused-ring (bicyclic) bond motifs is 2. The highest BCUT2D eigenvalue weighted by Crippen LogP contribution is 2.46. The Kier molecular flexibility index (Phi) is 8.90. The van der Waals surface area contributed by atoms with E-state index in [1.807, 2.05) is 0 Å². The Hall–Kier alpha value is -4.80. The van der Waals surface area contributed by atoms with Crippen molar-refractivity contribution in [1.29, 1.82) is 0 Å². The molecule has 3 amide bonds. The third-order valence-corrected chi connectivity index (χ3v) is 8.65. The van der Waals surface area contributed by atoms with E-state index in [0.29, 0.717) is 23.1 Å². The van der Waals surface area contributed by atoms with Crippen molar-refractivity contribution in [3.63, 3.8) is 0 Å². The lowest BCUT2D eigenvalue weighted by Crippen LogP contribution is -2.48. The van der Waals surface area contributed by atoms with Crippen molar-refractivity contribution in [2.24, 2.45) is 11.8 Å². The van der Waals surface area contributed by atoms with Gasteiger partial charge in [-0.05, 0) is 60.2 Å². The normalized spacial score (nSPS) is 20.1. The molecule has 1 spiro atoms. The number of carbonyl (C=O) groups is 5. The number of carbonyl (C=O) groups excluding carboxylic acids is 5. The number of hydrogen-bond donors (Lipinski definition) is 2. The highest BCUT2D eigenvalue weighted by Gasteiger charge is 2.56. The zero-order valence-corrected chi connectivity index (χ0v) is 24.7. The number of Topliss-reactive ketones (excluding diaryl/α,β-unsaturated/α-hetero) is 1. The van der Waals surface area contributed by atoms with Crippen molar-refractivity contribution in [2.75, 3.05) is 11.9 Å². The van der Waals surface area contributed by atoms with Crippen molar-refractivity contribution in [3.8, 4) is 0 Å². The summed E-state index contributed by atoms with van der Waals surface area (Å²) in [6, 6.07) is 13.3. The van der Waals surface area contributed by atoms with Crippen LogP contribution in [0.25, 0.3) is 0 Å². The van der Waals surface area contributed by atoms with Gasteiger partial charge in [-0.3, -0.25) is 19.2 Å². The van der Waals surface area contributed by atoms with Crippen LogP contribution in [0.4, 0.5) is 18.9 Å². The average Bonchev–Trinajstić information content (AvgIpc) is 3.53. The molecule has 2 N–H and O–H groups in total. The van der Waals surface area contributed by atoms with Crippen molar-refractivity contribution < 1.29 is 37.1 Å². The number of aldehydes is 1. The monoisotopic (exact) mass is 619 g/mol. The van der Waals surface area contributed by atoms with E-state index in [-0.39, 0.29) is 25.3 Å². The molecule has 2 heterocycles. The molecule has 45 heavy (non-hydrogen) atoms. The first-order valence-corrected chi connectivity index (χ1v) is 14.6. The Labute approximate surface area is 258 Å². The highest BCUT2D eigenvalue weighted by molar-refractivity contribution is 6.08. The average molecular weight is 620 g/mol. The van der Waals surface area contributed by atoms with Gasteiger partial charge in [0.2, 0.25) is 11.8 Å². The molecule has 0 aromatic heterocycles. The van der Waals surface area contributed by atoms with Crippen LogP contribution in [0.2, 0.25) is 0 Å². The van der Waals surface area contributed by atoms with E-state index in [4.69, 9.17) is 0 Å². The summed E-state index contributed by atoms with van der Waals surface area (Å²) in [7, 11) is 0. The Bertz CT molecular complexity index is 1640. The summed E-state index contributed by atoms with van der Waals surface area (Å²) in [5.41, 5.74) is -0.170. The number of nitrogens with zero attached hydrogens (tertiary/aromatic N) is 1. The summed E-state index contributed by atoms with van der Waals surface area (Å²) < 4.78 is 42.3. The molecule has 1 saturated heterocycles. The first-order valence-electron chi connectivity index (χ1n) is 14.6. The smallest absolute Gasteiger partial charge is 0.257 e. The molecule has 0 radical (unpaired) electrons. The Morgan fingerprint density at radius 1 is 1.00 bits per heavy atom. The lowest BCUT2D eigenvalue weighted by molar-refractivity contribution is -0.141. The molecule has 0 saturated carbocycles. The number of para-hydroxylation sites is 1. The predicted molar refractivity (Wildman–Crippen MR) is 159 cm³/mol. The van der Waals surface area contributed by atoms with Gasteiger partial charge in [-0.25, -0.2) is 13.2 Å². The summed E-state index contributed by atoms with van der Waals surface area (Å²) in [5, 5.41) is 5.26. The van der Waals surface area contributed by atoms with Crippen LogP contribution in [0, 0.1) is 29.3 Å². The summed E-state index contributed by atoms with van der Waals surface area (Å²) in [6.45, 7) is 3.18. The molecular weight excluding hydrogens is 587 g/mol. The molecule has 5 rings (SSSR count). The van der Waals surface area contributed by atoms with Gasteiger partial charge in [0.25, 0.3) is 5.91 Å². The van der Waals surface area contributed by atoms with Gasteiger partial charge in [0.15, 0.2) is 5.78 Å². The molecule has 4 atom stereocenters. The molecular formula is C34H32F3N3O5. The van der Waals surface area contributed by atoms with E-state index in [1.54, 1.807) is 38.1 Å². The largest absolute Gasteiger partial charge is 0.342 e. The van der Waals surface area contributed by atoms with Crippen molar-refractivity contribution in [1.82, 2.24) is 10.2 Å². The Balaban J connectivity index is 1.43. The Morgan fingerprint density at radius 2 is 1.67 bits per heavy atom. The van der Waals surface area contributed by atoms with E-state index < -0.39 is 76.4 Å². The molecule has 3 aromatic carbocycles. The summed E-state index contributed by atoms with van der Waals surface area (Å²) >= 11 is 0. The quantitative estimate of drug-likeness (QED) is 0.328. The van der Waals surface area contributed by atoms with E-state index >= 15 is 0 Å². The minimum absolute atomic E-state index is 0.0105. The highest BCUT2D eigenvalue weighted by atomic mass is 19.1. The first kappa shape index (κ1) is 31.6. The number of nitrogens with one attached hydrogen (secondary N) is 2. The number of anilines is 1. The van der Waals surface area contributed by atoms with Crippen LogP contribution in [-0.2, 0) is 31.0 Å². The van der Waals surface area contributed by atoms with Crippen LogP contribution in [0.1, 0.15) is 48.2 Å². The van der Waals surface area contributed by atoms with E-state index in [1.165, 1.54) is 29.2 Å². The van der Waals surface area contributed by atoms with Crippen LogP contribution in [0.15, 0.2) is 66.7 Å². The van der Waals surface area contributed by atoms with E-state index in [2.05, 4.69) is 10.6 Å². The van der Waals surface area contributed by atoms with Gasteiger partial charge in [0, 0.05) is 24.6 Å². The number of ketones is 1. The first-order chi connectivity index (χ1) is 21.4. The number of halogens is 3. The maximum atomic E-state index is 14.3. The molecule has 1 fully saturated rings. The molecule has 8 nitrogen and oxygen atoms in total. The van der Waals surface area contributed by atoms with Crippen LogP contribution >= 0.6 is 0 Å². The molecule has 0 aliphatic carbocycles. The molecule has 2 aliphatic rings. The van der Waals surface area contributed by atoms with Crippen molar-refractivity contribution >= 4 is 35.5 Å². The van der Waals surface area contributed by atoms with Gasteiger partial charge >= 0.3 is 0 Å². The number of amides is 3. The van der Waals surface area contributed by atoms with Crippen molar-refractivity contribution in [2.45, 2.75) is 50.6 Å². The molecule has 1 unspecified atom stereocenters. The summed E-state index contributed by atoms with van der Waals surface area (Å²) in [4.78, 5) is 67.7. The summed E-state index contributed by atoms with van der Waals surface area (Å²) in [6.07, 6.45) is 0.249. The SMILES string of the molecule is CC(C)C(NC(=O)c1c(F)cccc1F)C(=O)C[C@@H](Cc1ccc(F)cc1)C(=O)N1C[C@]2(C[C@H]1C=O)C(=O)Nc1ccccc12. The number of benzene rings is 3. The van der Waals surface area contributed by atoms with Gasteiger partial charge in [0.05, 0.1) is 17.5 Å². The van der Waals surface area contributed by atoms with Crippen LogP contribution in [0.3, 0.4) is 0 Å². The second-order valence-corrected chi connectivity index (χ2v) is 11.9. The van der Waals surface area contributed by atoms with Gasteiger partial charge in [0.1, 0.15) is 29.3 Å². The van der Waals surface area contributed by atoms with E-state index in [0.717, 1.165) is 18.2 Å². The fourth-order valence-corrected chi connectivity index (χ4v) is 6.34. The standard InChI is InChI=1S/C34H32F3N3O5/c1-19(2)30(39-31(43)29-25(36)7-5-8-26(29)37)28(42)15-21(14-20-10-12-22(35)13-11-20)32(44)40-18-34(16-23(40)17-41)24-6-3-4-9-27(24)38-33(34)45/h3-13,17,19,21,23,30H,14-16,18H2,1-2H3,(H,38,45)(H,39,43)/t21-,23+,30?,34+/m1/s1. The van der Waals surface area contributed by atoms with Gasteiger partial charge in [-0.1, -0.05) is 50.2 Å².